The molecule has 10 heteroatoms. The second kappa shape index (κ2) is 58.6. The summed E-state index contributed by atoms with van der Waals surface area (Å²) in [7, 11) is 1.47. The van der Waals surface area contributed by atoms with E-state index in [0.29, 0.717) is 17.4 Å². The van der Waals surface area contributed by atoms with Gasteiger partial charge in [0.1, 0.15) is 19.8 Å². The van der Waals surface area contributed by atoms with Crippen LogP contribution in [0.2, 0.25) is 0 Å². The fourth-order valence-electron chi connectivity index (χ4n) is 8.70. The average Bonchev–Trinajstić information content (AvgIpc) is 3.41. The molecule has 0 heterocycles. The van der Waals surface area contributed by atoms with E-state index < -0.39 is 26.5 Å². The van der Waals surface area contributed by atoms with Crippen LogP contribution in [-0.2, 0) is 32.7 Å². The summed E-state index contributed by atoms with van der Waals surface area (Å²) in [4.78, 5) is 35.8. The maximum absolute atomic E-state index is 12.9. The minimum atomic E-state index is -4.40. The van der Waals surface area contributed by atoms with Crippen LogP contribution in [-0.4, -0.2) is 74.9 Å². The summed E-state index contributed by atoms with van der Waals surface area (Å²) >= 11 is 0. The maximum Gasteiger partial charge on any atom is 0.472 e. The number of unbranched alkanes of at least 4 members (excludes halogenated alkanes) is 28. The van der Waals surface area contributed by atoms with E-state index >= 15 is 0 Å². The van der Waals surface area contributed by atoms with Crippen molar-refractivity contribution >= 4 is 19.8 Å². The van der Waals surface area contributed by atoms with Gasteiger partial charge in [-0.3, -0.25) is 18.6 Å². The van der Waals surface area contributed by atoms with E-state index in [2.05, 4.69) is 111 Å². The SMILES string of the molecule is CC/C=C\C/C=C\C/C=C\C/C=C\C/C=C\CCCCCCCCCCCCCC(=O)OC(COC(=O)CCCCCCCCCCCCCC/C=C\C/C=C\C/C=C\CCCCCCC)COP(=O)(O)OCC[N+](C)(C)C. The molecule has 0 bridgehead atoms. The van der Waals surface area contributed by atoms with Gasteiger partial charge < -0.3 is 18.9 Å². The maximum atomic E-state index is 12.9. The molecular weight excluding hydrogens is 990 g/mol. The van der Waals surface area contributed by atoms with E-state index in [1.165, 1.54) is 148 Å². The first-order valence-electron chi connectivity index (χ1n) is 32.0. The first-order chi connectivity index (χ1) is 38.0. The molecule has 0 aliphatic rings. The fourth-order valence-corrected chi connectivity index (χ4v) is 9.44. The number of ether oxygens (including phenoxy) is 2. The molecule has 450 valence electrons. The second-order valence-electron chi connectivity index (χ2n) is 22.4. The van der Waals surface area contributed by atoms with Crippen molar-refractivity contribution in [2.45, 2.75) is 277 Å². The van der Waals surface area contributed by atoms with Crippen molar-refractivity contribution in [1.29, 1.82) is 0 Å². The first-order valence-corrected chi connectivity index (χ1v) is 33.5. The number of hydrogen-bond donors (Lipinski definition) is 1. The molecule has 1 N–H and O–H groups in total. The highest BCUT2D eigenvalue weighted by molar-refractivity contribution is 7.47. The van der Waals surface area contributed by atoms with Crippen LogP contribution in [0.4, 0.5) is 0 Å². The number of quaternary nitrogens is 1. The zero-order chi connectivity index (χ0) is 57.0. The summed E-state index contributed by atoms with van der Waals surface area (Å²) in [5.74, 6) is -0.801. The van der Waals surface area contributed by atoms with Gasteiger partial charge in [-0.25, -0.2) is 4.57 Å². The number of likely N-dealkylation sites (N-methyl/N-ethyl adjacent to an activating group) is 1. The lowest BCUT2D eigenvalue weighted by Crippen LogP contribution is -2.37. The Balaban J connectivity index is 4.13. The third-order valence-electron chi connectivity index (χ3n) is 13.6. The molecule has 0 aromatic heterocycles. The van der Waals surface area contributed by atoms with Gasteiger partial charge in [-0.1, -0.05) is 259 Å². The molecule has 0 saturated heterocycles. The Morgan fingerprint density at radius 1 is 0.410 bits per heavy atom. The number of allylic oxidation sites excluding steroid dienone is 16. The van der Waals surface area contributed by atoms with Crippen LogP contribution in [0.5, 0.6) is 0 Å². The lowest BCUT2D eigenvalue weighted by atomic mass is 10.0. The zero-order valence-corrected chi connectivity index (χ0v) is 52.0. The largest absolute Gasteiger partial charge is 0.472 e. The van der Waals surface area contributed by atoms with Crippen molar-refractivity contribution in [1.82, 2.24) is 0 Å². The molecular formula is C68H121NO8P+. The number of hydrogen-bond acceptors (Lipinski definition) is 7. The second-order valence-corrected chi connectivity index (χ2v) is 23.9. The molecule has 0 rings (SSSR count). The Hall–Kier alpha value is -3.07. The normalized spacial score (nSPS) is 13.9. The molecule has 2 atom stereocenters. The Kier molecular flexibility index (Phi) is 56.3. The molecule has 0 amide bonds. The van der Waals surface area contributed by atoms with E-state index in [0.717, 1.165) is 89.9 Å². The summed E-state index contributed by atoms with van der Waals surface area (Å²) in [6.07, 6.45) is 80.5. The zero-order valence-electron chi connectivity index (χ0n) is 51.1. The quantitative estimate of drug-likeness (QED) is 0.0211. The average molecular weight is 1110 g/mol. The van der Waals surface area contributed by atoms with E-state index in [4.69, 9.17) is 18.5 Å². The van der Waals surface area contributed by atoms with Crippen molar-refractivity contribution in [2.75, 3.05) is 47.5 Å². The molecule has 0 fully saturated rings. The summed E-state index contributed by atoms with van der Waals surface area (Å²) in [6, 6.07) is 0. The van der Waals surface area contributed by atoms with Gasteiger partial charge >= 0.3 is 19.8 Å². The van der Waals surface area contributed by atoms with E-state index in [1.54, 1.807) is 0 Å². The first kappa shape index (κ1) is 74.9. The third-order valence-corrected chi connectivity index (χ3v) is 14.6. The van der Waals surface area contributed by atoms with E-state index in [1.807, 2.05) is 21.1 Å². The number of phosphoric ester groups is 1. The van der Waals surface area contributed by atoms with Gasteiger partial charge in [0.2, 0.25) is 0 Å². The van der Waals surface area contributed by atoms with E-state index in [-0.39, 0.29) is 32.0 Å². The third kappa shape index (κ3) is 62.1. The van der Waals surface area contributed by atoms with Crippen molar-refractivity contribution in [2.24, 2.45) is 0 Å². The Morgan fingerprint density at radius 2 is 0.731 bits per heavy atom. The minimum Gasteiger partial charge on any atom is -0.462 e. The number of nitrogens with zero attached hydrogens (tertiary/aromatic N) is 1. The monoisotopic (exact) mass is 1110 g/mol. The highest BCUT2D eigenvalue weighted by atomic mass is 31.2. The Morgan fingerprint density at radius 3 is 1.09 bits per heavy atom. The van der Waals surface area contributed by atoms with Crippen LogP contribution >= 0.6 is 7.82 Å². The number of rotatable bonds is 58. The van der Waals surface area contributed by atoms with Gasteiger partial charge in [0.25, 0.3) is 0 Å². The standard InChI is InChI=1S/C68H120NO8P/c1-6-8-10-12-14-16-18-20-22-24-26-28-30-32-34-36-38-40-42-44-46-48-50-52-54-56-58-60-67(70)74-64-66(65-76-78(72,73)75-63-62-69(3,4)5)77-68(71)61-59-57-55-53-51-49-47-45-43-41-39-37-35-33-31-29-27-25-23-21-19-17-15-13-11-9-7-2/h9,11,15,17-18,20-21,23-24,26-27,29-30,32-33,35,66H,6-8,10,12-14,16,19,22,25,28,31,34,36-65H2,1-5H3/p+1/b11-9-,17-15-,20-18-,23-21-,26-24-,29-27-,32-30-,35-33-. The summed E-state index contributed by atoms with van der Waals surface area (Å²) in [6.45, 7) is 4.32. The summed E-state index contributed by atoms with van der Waals surface area (Å²) in [5.41, 5.74) is 0. The molecule has 0 aliphatic heterocycles. The highest BCUT2D eigenvalue weighted by Crippen LogP contribution is 2.43. The van der Waals surface area contributed by atoms with Crippen LogP contribution in [0.1, 0.15) is 271 Å². The molecule has 0 spiro atoms. The Bertz CT molecular complexity index is 1640. The lowest BCUT2D eigenvalue weighted by Gasteiger charge is -2.24. The minimum absolute atomic E-state index is 0.0270. The van der Waals surface area contributed by atoms with Crippen LogP contribution in [0, 0.1) is 0 Å². The summed E-state index contributed by atoms with van der Waals surface area (Å²) < 4.78 is 34.7. The van der Waals surface area contributed by atoms with Crippen LogP contribution in [0.25, 0.3) is 0 Å². The number of esters is 2. The summed E-state index contributed by atoms with van der Waals surface area (Å²) in [5, 5.41) is 0. The molecule has 0 aliphatic carbocycles. The van der Waals surface area contributed by atoms with Gasteiger partial charge in [0.15, 0.2) is 6.10 Å². The van der Waals surface area contributed by atoms with Gasteiger partial charge in [0, 0.05) is 12.8 Å². The van der Waals surface area contributed by atoms with Gasteiger partial charge in [-0.05, 0) is 96.3 Å². The van der Waals surface area contributed by atoms with Gasteiger partial charge in [-0.2, -0.15) is 0 Å². The van der Waals surface area contributed by atoms with Crippen molar-refractivity contribution in [3.8, 4) is 0 Å². The number of carbonyl (C=O) groups excluding carboxylic acids is 2. The van der Waals surface area contributed by atoms with Crippen LogP contribution < -0.4 is 0 Å². The topological polar surface area (TPSA) is 108 Å². The molecule has 0 aromatic carbocycles. The lowest BCUT2D eigenvalue weighted by molar-refractivity contribution is -0.870. The van der Waals surface area contributed by atoms with Gasteiger partial charge in [0.05, 0.1) is 27.7 Å². The highest BCUT2D eigenvalue weighted by Gasteiger charge is 2.27. The van der Waals surface area contributed by atoms with Crippen molar-refractivity contribution in [3.05, 3.63) is 97.2 Å². The molecule has 0 aromatic rings. The smallest absolute Gasteiger partial charge is 0.462 e. The molecule has 0 saturated carbocycles. The van der Waals surface area contributed by atoms with E-state index in [9.17, 15) is 19.0 Å². The Labute approximate surface area is 481 Å². The molecule has 0 radical (unpaired) electrons. The number of phosphoric acid groups is 1. The van der Waals surface area contributed by atoms with Crippen molar-refractivity contribution in [3.63, 3.8) is 0 Å². The molecule has 78 heavy (non-hydrogen) atoms. The predicted molar refractivity (Wildman–Crippen MR) is 335 cm³/mol. The fraction of sp³-hybridized carbons (Fsp3) is 0.735. The predicted octanol–water partition coefficient (Wildman–Crippen LogP) is 20.4. The van der Waals surface area contributed by atoms with Gasteiger partial charge in [-0.15, -0.1) is 0 Å². The molecule has 2 unspecified atom stereocenters. The van der Waals surface area contributed by atoms with Crippen molar-refractivity contribution < 1.29 is 42.1 Å². The molecule has 9 nitrogen and oxygen atoms in total. The van der Waals surface area contributed by atoms with Crippen LogP contribution in [0.15, 0.2) is 97.2 Å². The number of carbonyl (C=O) groups is 2. The van der Waals surface area contributed by atoms with Crippen LogP contribution in [0.3, 0.4) is 0 Å².